The van der Waals surface area contributed by atoms with Gasteiger partial charge in [0.1, 0.15) is 13.0 Å². The number of rotatable bonds is 9. The van der Waals surface area contributed by atoms with E-state index in [9.17, 15) is 31.5 Å². The van der Waals surface area contributed by atoms with Gasteiger partial charge in [-0.1, -0.05) is 6.92 Å². The summed E-state index contributed by atoms with van der Waals surface area (Å²) in [5, 5.41) is 0. The number of esters is 2. The van der Waals surface area contributed by atoms with Crippen LogP contribution in [0, 0.1) is 5.41 Å². The van der Waals surface area contributed by atoms with Gasteiger partial charge in [0.2, 0.25) is 0 Å². The molecule has 0 atom stereocenters. The highest BCUT2D eigenvalue weighted by Crippen LogP contribution is 2.33. The molecule has 0 unspecified atom stereocenters. The zero-order valence-electron chi connectivity index (χ0n) is 13.3. The maximum absolute atomic E-state index is 12.9. The van der Waals surface area contributed by atoms with Crippen LogP contribution in [0.25, 0.3) is 0 Å². The Morgan fingerprint density at radius 3 is 2.00 bits per heavy atom. The molecule has 0 fully saturated rings. The standard InChI is InChI=1S/C14H21F5O4/c1-4-12(2,3)11(21)23-7-5-10(20)22-8-6-13(15,16)9-14(17,18)19/h4-9H2,1-3H3. The first-order chi connectivity index (χ1) is 10.3. The first-order valence-electron chi connectivity index (χ1n) is 7.06. The fraction of sp³-hybridized carbons (Fsp3) is 0.857. The van der Waals surface area contributed by atoms with E-state index in [1.54, 1.807) is 20.8 Å². The summed E-state index contributed by atoms with van der Waals surface area (Å²) in [6.07, 6.45) is -8.29. The maximum Gasteiger partial charge on any atom is 0.394 e. The summed E-state index contributed by atoms with van der Waals surface area (Å²) in [4.78, 5) is 22.8. The van der Waals surface area contributed by atoms with Crippen LogP contribution in [-0.4, -0.2) is 37.3 Å². The van der Waals surface area contributed by atoms with Gasteiger partial charge in [0.05, 0.1) is 18.4 Å². The van der Waals surface area contributed by atoms with Crippen molar-refractivity contribution >= 4 is 11.9 Å². The molecule has 0 bridgehead atoms. The number of carbonyl (C=O) groups is 2. The zero-order valence-corrected chi connectivity index (χ0v) is 13.3. The summed E-state index contributed by atoms with van der Waals surface area (Å²) in [5.41, 5.74) is -0.705. The molecule has 0 rings (SSSR count). The Balaban J connectivity index is 3.99. The molecule has 0 aliphatic heterocycles. The number of carbonyl (C=O) groups excluding carboxylic acids is 2. The van der Waals surface area contributed by atoms with Crippen molar-refractivity contribution in [2.75, 3.05) is 13.2 Å². The topological polar surface area (TPSA) is 52.6 Å². The molecule has 0 aromatic heterocycles. The molecule has 0 spiro atoms. The Morgan fingerprint density at radius 2 is 1.52 bits per heavy atom. The molecule has 0 heterocycles. The third-order valence-corrected chi connectivity index (χ3v) is 3.17. The van der Waals surface area contributed by atoms with Crippen LogP contribution in [0.4, 0.5) is 22.0 Å². The largest absolute Gasteiger partial charge is 0.465 e. The number of alkyl halides is 5. The third kappa shape index (κ3) is 10.1. The van der Waals surface area contributed by atoms with E-state index in [1.807, 2.05) is 0 Å². The minimum Gasteiger partial charge on any atom is -0.465 e. The Morgan fingerprint density at radius 1 is 0.957 bits per heavy atom. The Hall–Kier alpha value is -1.41. The highest BCUT2D eigenvalue weighted by molar-refractivity contribution is 5.76. The zero-order chi connectivity index (χ0) is 18.3. The summed E-state index contributed by atoms with van der Waals surface area (Å²) < 4.78 is 70.7. The van der Waals surface area contributed by atoms with Gasteiger partial charge in [-0.05, 0) is 20.3 Å². The third-order valence-electron chi connectivity index (χ3n) is 3.17. The Labute approximate surface area is 131 Å². The fourth-order valence-corrected chi connectivity index (χ4v) is 1.33. The molecule has 0 radical (unpaired) electrons. The van der Waals surface area contributed by atoms with Crippen molar-refractivity contribution in [1.29, 1.82) is 0 Å². The van der Waals surface area contributed by atoms with Gasteiger partial charge in [-0.15, -0.1) is 0 Å². The van der Waals surface area contributed by atoms with E-state index in [1.165, 1.54) is 0 Å². The van der Waals surface area contributed by atoms with Crippen LogP contribution in [0.2, 0.25) is 0 Å². The minimum atomic E-state index is -4.99. The molecule has 4 nitrogen and oxygen atoms in total. The van der Waals surface area contributed by atoms with Crippen molar-refractivity contribution in [2.45, 2.75) is 58.6 Å². The van der Waals surface area contributed by atoms with Gasteiger partial charge in [-0.3, -0.25) is 9.59 Å². The molecular weight excluding hydrogens is 327 g/mol. The van der Waals surface area contributed by atoms with E-state index in [0.29, 0.717) is 6.42 Å². The van der Waals surface area contributed by atoms with Crippen LogP contribution in [0.5, 0.6) is 0 Å². The maximum atomic E-state index is 12.9. The van der Waals surface area contributed by atoms with Crippen LogP contribution in [0.3, 0.4) is 0 Å². The summed E-state index contributed by atoms with van der Waals surface area (Å²) in [5.74, 6) is -5.42. The summed E-state index contributed by atoms with van der Waals surface area (Å²) in [6, 6.07) is 0. The number of hydrogen-bond donors (Lipinski definition) is 0. The first-order valence-corrected chi connectivity index (χ1v) is 7.06. The Kier molecular flexibility index (Phi) is 7.93. The van der Waals surface area contributed by atoms with Gasteiger partial charge in [0, 0.05) is 6.42 Å². The molecule has 0 N–H and O–H groups in total. The predicted molar refractivity (Wildman–Crippen MR) is 70.8 cm³/mol. The van der Waals surface area contributed by atoms with Gasteiger partial charge in [-0.2, -0.15) is 13.2 Å². The van der Waals surface area contributed by atoms with Crippen molar-refractivity contribution in [1.82, 2.24) is 0 Å². The second-order valence-corrected chi connectivity index (χ2v) is 5.74. The fourth-order valence-electron chi connectivity index (χ4n) is 1.33. The molecule has 0 saturated carbocycles. The van der Waals surface area contributed by atoms with Crippen molar-refractivity contribution < 1.29 is 41.0 Å². The molecule has 0 aromatic carbocycles. The van der Waals surface area contributed by atoms with Crippen LogP contribution >= 0.6 is 0 Å². The van der Waals surface area contributed by atoms with Gasteiger partial charge < -0.3 is 9.47 Å². The van der Waals surface area contributed by atoms with E-state index in [0.717, 1.165) is 0 Å². The van der Waals surface area contributed by atoms with Gasteiger partial charge in [0.25, 0.3) is 5.92 Å². The second kappa shape index (κ2) is 8.44. The van der Waals surface area contributed by atoms with Crippen molar-refractivity contribution in [3.63, 3.8) is 0 Å². The highest BCUT2D eigenvalue weighted by Gasteiger charge is 2.43. The molecule has 0 saturated heterocycles. The van der Waals surface area contributed by atoms with Crippen LogP contribution in [-0.2, 0) is 19.1 Å². The van der Waals surface area contributed by atoms with Gasteiger partial charge >= 0.3 is 18.1 Å². The lowest BCUT2D eigenvalue weighted by molar-refractivity contribution is -0.192. The van der Waals surface area contributed by atoms with E-state index in [2.05, 4.69) is 4.74 Å². The second-order valence-electron chi connectivity index (χ2n) is 5.74. The highest BCUT2D eigenvalue weighted by atomic mass is 19.4. The predicted octanol–water partition coefficient (Wildman–Crippen LogP) is 3.88. The molecule has 9 heteroatoms. The number of ether oxygens (including phenoxy) is 2. The molecule has 0 aromatic rings. The van der Waals surface area contributed by atoms with Crippen molar-refractivity contribution in [2.24, 2.45) is 5.41 Å². The van der Waals surface area contributed by atoms with E-state index in [-0.39, 0.29) is 13.0 Å². The molecule has 0 amide bonds. The SMILES string of the molecule is CCC(C)(C)C(=O)OCCC(=O)OCCC(F)(F)CC(F)(F)F. The molecule has 0 aliphatic rings. The van der Waals surface area contributed by atoms with Crippen LogP contribution in [0.1, 0.15) is 46.5 Å². The lowest BCUT2D eigenvalue weighted by atomic mass is 9.91. The summed E-state index contributed by atoms with van der Waals surface area (Å²) in [7, 11) is 0. The van der Waals surface area contributed by atoms with Gasteiger partial charge in [-0.25, -0.2) is 8.78 Å². The molecule has 136 valence electrons. The quantitative estimate of drug-likeness (QED) is 0.469. The number of halogens is 5. The van der Waals surface area contributed by atoms with Crippen LogP contribution < -0.4 is 0 Å². The summed E-state index contributed by atoms with van der Waals surface area (Å²) in [6.45, 7) is 4.00. The smallest absolute Gasteiger partial charge is 0.394 e. The Bertz CT molecular complexity index is 404. The van der Waals surface area contributed by atoms with E-state index < -0.39 is 48.9 Å². The lowest BCUT2D eigenvalue weighted by Gasteiger charge is -2.20. The number of hydrogen-bond acceptors (Lipinski definition) is 4. The van der Waals surface area contributed by atoms with E-state index in [4.69, 9.17) is 4.74 Å². The molecular formula is C14H21F5O4. The van der Waals surface area contributed by atoms with Crippen molar-refractivity contribution in [3.05, 3.63) is 0 Å². The first kappa shape index (κ1) is 21.6. The van der Waals surface area contributed by atoms with Crippen molar-refractivity contribution in [3.8, 4) is 0 Å². The monoisotopic (exact) mass is 348 g/mol. The normalized spacial score (nSPS) is 12.9. The lowest BCUT2D eigenvalue weighted by Crippen LogP contribution is -2.28. The summed E-state index contributed by atoms with van der Waals surface area (Å²) >= 11 is 0. The molecule has 0 aliphatic carbocycles. The average Bonchev–Trinajstić information content (AvgIpc) is 2.35. The van der Waals surface area contributed by atoms with E-state index >= 15 is 0 Å². The minimum absolute atomic E-state index is 0.278. The average molecular weight is 348 g/mol. The molecule has 23 heavy (non-hydrogen) atoms. The van der Waals surface area contributed by atoms with Gasteiger partial charge in [0.15, 0.2) is 0 Å². The van der Waals surface area contributed by atoms with Crippen LogP contribution in [0.15, 0.2) is 0 Å².